The van der Waals surface area contributed by atoms with E-state index >= 15 is 0 Å². The quantitative estimate of drug-likeness (QED) is 0.593. The summed E-state index contributed by atoms with van der Waals surface area (Å²) in [5.74, 6) is 0. The van der Waals surface area contributed by atoms with Gasteiger partial charge in [-0.25, -0.2) is 0 Å². The lowest BCUT2D eigenvalue weighted by molar-refractivity contribution is 0.132. The normalized spacial score (nSPS) is 45.3. The molecule has 1 N–H and O–H groups in total. The minimum Gasteiger partial charge on any atom is -0.389 e. The smallest absolute Gasteiger partial charge is 0.0733 e. The molecular weight excluding hydrogens is 184 g/mol. The van der Waals surface area contributed by atoms with Gasteiger partial charge in [0.25, 0.3) is 0 Å². The predicted octanol–water partition coefficient (Wildman–Crippen LogP) is 2.53. The lowest BCUT2D eigenvalue weighted by atomic mass is 9.55. The van der Waals surface area contributed by atoms with Gasteiger partial charge >= 0.3 is 0 Å². The largest absolute Gasteiger partial charge is 0.389 e. The molecule has 1 nitrogen and oxygen atoms in total. The molecule has 3 aliphatic carbocycles. The van der Waals surface area contributed by atoms with Crippen LogP contribution in [0.15, 0.2) is 60.8 Å². The molecule has 0 aromatic heterocycles. The minimum absolute atomic E-state index is 0.0459. The first-order chi connectivity index (χ1) is 7.27. The fourth-order valence-electron chi connectivity index (χ4n) is 2.86. The number of allylic oxidation sites excluding steroid dienone is 9. The molecule has 0 aromatic rings. The molecule has 0 aliphatic heterocycles. The monoisotopic (exact) mass is 198 g/mol. The summed E-state index contributed by atoms with van der Waals surface area (Å²) in [6.45, 7) is 0. The zero-order valence-electron chi connectivity index (χ0n) is 8.51. The Labute approximate surface area is 89.8 Å². The second-order valence-electron chi connectivity index (χ2n) is 4.54. The van der Waals surface area contributed by atoms with Crippen LogP contribution >= 0.6 is 0 Å². The van der Waals surface area contributed by atoms with Crippen LogP contribution in [-0.4, -0.2) is 11.2 Å². The molecule has 3 rings (SSSR count). The lowest BCUT2D eigenvalue weighted by Crippen LogP contribution is -2.42. The van der Waals surface area contributed by atoms with Crippen molar-refractivity contribution in [1.82, 2.24) is 0 Å². The molecule has 0 bridgehead atoms. The van der Waals surface area contributed by atoms with Crippen LogP contribution in [0.4, 0.5) is 0 Å². The molecule has 0 saturated carbocycles. The summed E-state index contributed by atoms with van der Waals surface area (Å²) in [6.07, 6.45) is 21.7. The average molecular weight is 198 g/mol. The highest BCUT2D eigenvalue weighted by atomic mass is 16.3. The molecule has 0 unspecified atom stereocenters. The molecule has 0 spiro atoms. The van der Waals surface area contributed by atoms with Crippen molar-refractivity contribution in [1.29, 1.82) is 0 Å². The Morgan fingerprint density at radius 2 is 1.47 bits per heavy atom. The molecule has 76 valence electrons. The van der Waals surface area contributed by atoms with Gasteiger partial charge < -0.3 is 5.11 Å². The first kappa shape index (κ1) is 8.93. The van der Waals surface area contributed by atoms with E-state index in [1.54, 1.807) is 0 Å². The number of rotatable bonds is 0. The highest BCUT2D eigenvalue weighted by Crippen LogP contribution is 2.54. The Hall–Kier alpha value is -1.34. The van der Waals surface area contributed by atoms with Gasteiger partial charge in [0.1, 0.15) is 0 Å². The van der Waals surface area contributed by atoms with E-state index in [1.807, 2.05) is 6.08 Å². The Morgan fingerprint density at radius 1 is 0.867 bits per heavy atom. The van der Waals surface area contributed by atoms with Crippen LogP contribution in [0.25, 0.3) is 0 Å². The van der Waals surface area contributed by atoms with Crippen molar-refractivity contribution >= 4 is 0 Å². The molecule has 0 radical (unpaired) electrons. The van der Waals surface area contributed by atoms with Gasteiger partial charge in [0.2, 0.25) is 0 Å². The summed E-state index contributed by atoms with van der Waals surface area (Å²) in [5, 5.41) is 9.78. The van der Waals surface area contributed by atoms with Crippen LogP contribution in [0.2, 0.25) is 0 Å². The van der Waals surface area contributed by atoms with Gasteiger partial charge in [0.15, 0.2) is 0 Å². The Balaban J connectivity index is 2.21. The Morgan fingerprint density at radius 3 is 2.13 bits per heavy atom. The van der Waals surface area contributed by atoms with Crippen LogP contribution in [0.5, 0.6) is 0 Å². The first-order valence-electron chi connectivity index (χ1n) is 5.38. The molecule has 0 aromatic carbocycles. The van der Waals surface area contributed by atoms with E-state index in [4.69, 9.17) is 0 Å². The van der Waals surface area contributed by atoms with Crippen molar-refractivity contribution in [3.8, 4) is 0 Å². The third-order valence-corrected chi connectivity index (χ3v) is 3.70. The van der Waals surface area contributed by atoms with Crippen LogP contribution < -0.4 is 0 Å². The topological polar surface area (TPSA) is 20.2 Å². The van der Waals surface area contributed by atoms with Gasteiger partial charge in [0.05, 0.1) is 6.10 Å². The molecule has 0 fully saturated rings. The fourth-order valence-corrected chi connectivity index (χ4v) is 2.86. The van der Waals surface area contributed by atoms with Crippen molar-refractivity contribution in [2.45, 2.75) is 12.5 Å². The van der Waals surface area contributed by atoms with Crippen molar-refractivity contribution in [2.24, 2.45) is 10.8 Å². The second-order valence-corrected chi connectivity index (χ2v) is 4.54. The van der Waals surface area contributed by atoms with Gasteiger partial charge in [-0.05, 0) is 6.42 Å². The maximum atomic E-state index is 9.78. The predicted molar refractivity (Wildman–Crippen MR) is 61.2 cm³/mol. The summed E-state index contributed by atoms with van der Waals surface area (Å²) in [4.78, 5) is 0. The van der Waals surface area contributed by atoms with E-state index in [2.05, 4.69) is 54.7 Å². The summed E-state index contributed by atoms with van der Waals surface area (Å²) < 4.78 is 0. The van der Waals surface area contributed by atoms with E-state index in [9.17, 15) is 5.11 Å². The SMILES string of the molecule is O[C@@H]1C=CC23C=CC=CC2(C=CC=C3)C1. The van der Waals surface area contributed by atoms with E-state index in [0.717, 1.165) is 6.42 Å². The van der Waals surface area contributed by atoms with Gasteiger partial charge in [-0.1, -0.05) is 60.8 Å². The van der Waals surface area contributed by atoms with Gasteiger partial charge in [-0.15, -0.1) is 0 Å². The zero-order valence-corrected chi connectivity index (χ0v) is 8.51. The molecule has 0 saturated heterocycles. The van der Waals surface area contributed by atoms with Gasteiger partial charge in [-0.2, -0.15) is 0 Å². The maximum Gasteiger partial charge on any atom is 0.0733 e. The van der Waals surface area contributed by atoms with E-state index in [1.165, 1.54) is 0 Å². The van der Waals surface area contributed by atoms with E-state index in [-0.39, 0.29) is 16.9 Å². The number of aliphatic hydroxyl groups is 1. The number of aliphatic hydroxyl groups excluding tert-OH is 1. The van der Waals surface area contributed by atoms with E-state index in [0.29, 0.717) is 0 Å². The molecule has 15 heavy (non-hydrogen) atoms. The van der Waals surface area contributed by atoms with Crippen molar-refractivity contribution < 1.29 is 5.11 Å². The molecule has 0 heterocycles. The summed E-state index contributed by atoms with van der Waals surface area (Å²) >= 11 is 0. The van der Waals surface area contributed by atoms with Crippen molar-refractivity contribution in [2.75, 3.05) is 0 Å². The minimum atomic E-state index is -0.328. The van der Waals surface area contributed by atoms with Crippen molar-refractivity contribution in [3.63, 3.8) is 0 Å². The molecule has 1 atom stereocenters. The molecular formula is C14H14O. The van der Waals surface area contributed by atoms with Crippen molar-refractivity contribution in [3.05, 3.63) is 60.8 Å². The Bertz CT molecular complexity index is 397. The maximum absolute atomic E-state index is 9.78. The van der Waals surface area contributed by atoms with Crippen LogP contribution in [-0.2, 0) is 0 Å². The summed E-state index contributed by atoms with van der Waals surface area (Å²) in [5.41, 5.74) is -0.0968. The summed E-state index contributed by atoms with van der Waals surface area (Å²) in [7, 11) is 0. The van der Waals surface area contributed by atoms with E-state index < -0.39 is 0 Å². The zero-order chi connectivity index (χ0) is 10.4. The average Bonchev–Trinajstić information content (AvgIpc) is 2.27. The second kappa shape index (κ2) is 2.83. The fraction of sp³-hybridized carbons (Fsp3) is 0.286. The Kier molecular flexibility index (Phi) is 1.68. The van der Waals surface area contributed by atoms with Gasteiger partial charge in [0, 0.05) is 10.8 Å². The first-order valence-corrected chi connectivity index (χ1v) is 5.38. The van der Waals surface area contributed by atoms with Crippen LogP contribution in [0.1, 0.15) is 6.42 Å². The highest BCUT2D eigenvalue weighted by Gasteiger charge is 2.47. The highest BCUT2D eigenvalue weighted by molar-refractivity contribution is 5.45. The van der Waals surface area contributed by atoms with Crippen LogP contribution in [0, 0.1) is 10.8 Å². The summed E-state index contributed by atoms with van der Waals surface area (Å²) in [6, 6.07) is 0. The molecule has 1 heteroatoms. The third kappa shape index (κ3) is 1.07. The number of hydrogen-bond acceptors (Lipinski definition) is 1. The van der Waals surface area contributed by atoms with Crippen LogP contribution in [0.3, 0.4) is 0 Å². The number of hydrogen-bond donors (Lipinski definition) is 1. The molecule has 0 amide bonds. The lowest BCUT2D eigenvalue weighted by Gasteiger charge is -2.48. The third-order valence-electron chi connectivity index (χ3n) is 3.70. The standard InChI is InChI=1S/C14H14O/c15-12-5-10-13-6-1-3-8-14(13,11-12)9-4-2-7-13/h1-10,12,15H,11H2/t12-,13?,14?/m1/s1. The molecule has 3 aliphatic rings. The van der Waals surface area contributed by atoms with Gasteiger partial charge in [-0.3, -0.25) is 0 Å².